The molecule has 29 heavy (non-hydrogen) atoms. The average Bonchev–Trinajstić information content (AvgIpc) is 3.45. The molecule has 1 fully saturated rings. The summed E-state index contributed by atoms with van der Waals surface area (Å²) in [6.45, 7) is 2.78. The van der Waals surface area contributed by atoms with Crippen molar-refractivity contribution in [3.63, 3.8) is 0 Å². The fourth-order valence-corrected chi connectivity index (χ4v) is 3.97. The zero-order valence-electron chi connectivity index (χ0n) is 16.2. The number of H-pyrrole nitrogens is 1. The minimum Gasteiger partial charge on any atom is -0.383 e. The second-order valence-electron chi connectivity index (χ2n) is 7.90. The zero-order valence-corrected chi connectivity index (χ0v) is 16.2. The molecule has 8 heteroatoms. The van der Waals surface area contributed by atoms with Gasteiger partial charge >= 0.3 is 0 Å². The topological polar surface area (TPSA) is 105 Å². The fraction of sp³-hybridized carbons (Fsp3) is 0.381. The lowest BCUT2D eigenvalue weighted by Crippen LogP contribution is -2.23. The SMILES string of the molecule is C[C@H](Nc1nc(N)c2c(n1)NCCC2c1cc(C2CC2)n[nH]1)c1ccc(F)cc1. The number of benzene rings is 1. The first kappa shape index (κ1) is 17.9. The number of nitrogens with zero attached hydrogens (tertiary/aromatic N) is 3. The molecule has 0 amide bonds. The molecule has 5 N–H and O–H groups in total. The highest BCUT2D eigenvalue weighted by Gasteiger charge is 2.31. The standard InChI is InChI=1S/C21H24FN7/c1-11(12-4-6-14(22)7-5-12)25-21-26-19(23)18-15(8-9-24-20(18)27-21)17-10-16(28-29-17)13-2-3-13/h4-7,10-11,13,15H,2-3,8-9H2,1H3,(H,28,29)(H4,23,24,25,26,27)/t11-,15?/m0/s1. The molecule has 1 aromatic carbocycles. The molecule has 2 aliphatic rings. The molecule has 0 spiro atoms. The molecule has 0 saturated heterocycles. The maximum atomic E-state index is 13.2. The molecule has 1 saturated carbocycles. The Labute approximate surface area is 168 Å². The van der Waals surface area contributed by atoms with E-state index in [1.54, 1.807) is 12.1 Å². The number of anilines is 3. The van der Waals surface area contributed by atoms with E-state index in [9.17, 15) is 4.39 Å². The van der Waals surface area contributed by atoms with Gasteiger partial charge in [0.2, 0.25) is 5.95 Å². The number of rotatable bonds is 5. The van der Waals surface area contributed by atoms with Crippen molar-refractivity contribution in [2.24, 2.45) is 0 Å². The number of hydrogen-bond acceptors (Lipinski definition) is 6. The summed E-state index contributed by atoms with van der Waals surface area (Å²) < 4.78 is 13.2. The first-order valence-corrected chi connectivity index (χ1v) is 10.1. The summed E-state index contributed by atoms with van der Waals surface area (Å²) in [6, 6.07) is 8.47. The van der Waals surface area contributed by atoms with E-state index < -0.39 is 0 Å². The summed E-state index contributed by atoms with van der Waals surface area (Å²) in [6.07, 6.45) is 3.35. The summed E-state index contributed by atoms with van der Waals surface area (Å²) in [7, 11) is 0. The van der Waals surface area contributed by atoms with Crippen LogP contribution in [0.2, 0.25) is 0 Å². The number of fused-ring (bicyclic) bond motifs is 1. The Morgan fingerprint density at radius 3 is 2.72 bits per heavy atom. The van der Waals surface area contributed by atoms with Crippen molar-refractivity contribution < 1.29 is 4.39 Å². The van der Waals surface area contributed by atoms with Crippen LogP contribution in [0.5, 0.6) is 0 Å². The largest absolute Gasteiger partial charge is 0.383 e. The van der Waals surface area contributed by atoms with Gasteiger partial charge in [0, 0.05) is 29.6 Å². The number of aromatic amines is 1. The molecule has 0 radical (unpaired) electrons. The van der Waals surface area contributed by atoms with Crippen molar-refractivity contribution in [2.75, 3.05) is 22.9 Å². The Morgan fingerprint density at radius 1 is 1.17 bits per heavy atom. The van der Waals surface area contributed by atoms with Gasteiger partial charge in [-0.25, -0.2) is 4.39 Å². The third-order valence-electron chi connectivity index (χ3n) is 5.75. The summed E-state index contributed by atoms with van der Waals surface area (Å²) in [4.78, 5) is 9.17. The summed E-state index contributed by atoms with van der Waals surface area (Å²) in [5, 5.41) is 14.3. The van der Waals surface area contributed by atoms with E-state index in [0.29, 0.717) is 17.7 Å². The third kappa shape index (κ3) is 3.50. The number of aromatic nitrogens is 4. The van der Waals surface area contributed by atoms with Gasteiger partial charge in [-0.1, -0.05) is 12.1 Å². The van der Waals surface area contributed by atoms with Crippen LogP contribution in [0.3, 0.4) is 0 Å². The Bertz CT molecular complexity index is 1030. The first-order chi connectivity index (χ1) is 14.1. The van der Waals surface area contributed by atoms with Crippen LogP contribution in [0.4, 0.5) is 22.0 Å². The molecule has 3 aromatic rings. The quantitative estimate of drug-likeness (QED) is 0.524. The van der Waals surface area contributed by atoms with Gasteiger partial charge in [-0.15, -0.1) is 0 Å². The van der Waals surface area contributed by atoms with Gasteiger partial charge in [0.25, 0.3) is 0 Å². The van der Waals surface area contributed by atoms with E-state index in [-0.39, 0.29) is 17.8 Å². The number of nitrogens with two attached hydrogens (primary N) is 1. The van der Waals surface area contributed by atoms with Crippen LogP contribution in [0.1, 0.15) is 66.6 Å². The predicted molar refractivity (Wildman–Crippen MR) is 110 cm³/mol. The van der Waals surface area contributed by atoms with E-state index >= 15 is 0 Å². The highest BCUT2D eigenvalue weighted by molar-refractivity contribution is 5.64. The highest BCUT2D eigenvalue weighted by Crippen LogP contribution is 2.42. The number of halogens is 1. The van der Waals surface area contributed by atoms with Crippen LogP contribution in [-0.4, -0.2) is 26.7 Å². The molecule has 150 valence electrons. The van der Waals surface area contributed by atoms with Crippen LogP contribution in [0.15, 0.2) is 30.3 Å². The van der Waals surface area contributed by atoms with Gasteiger partial charge in [-0.2, -0.15) is 15.1 Å². The molecule has 0 bridgehead atoms. The highest BCUT2D eigenvalue weighted by atomic mass is 19.1. The third-order valence-corrected chi connectivity index (χ3v) is 5.75. The predicted octanol–water partition coefficient (Wildman–Crippen LogP) is 3.92. The van der Waals surface area contributed by atoms with E-state index in [0.717, 1.165) is 41.3 Å². The lowest BCUT2D eigenvalue weighted by atomic mass is 9.90. The van der Waals surface area contributed by atoms with Gasteiger partial charge in [0.05, 0.1) is 11.7 Å². The molecule has 1 aliphatic carbocycles. The smallest absolute Gasteiger partial charge is 0.227 e. The van der Waals surface area contributed by atoms with Crippen molar-refractivity contribution in [3.05, 3.63) is 58.7 Å². The van der Waals surface area contributed by atoms with Crippen LogP contribution < -0.4 is 16.4 Å². The first-order valence-electron chi connectivity index (χ1n) is 10.1. The molecular formula is C21H24FN7. The van der Waals surface area contributed by atoms with Crippen LogP contribution >= 0.6 is 0 Å². The lowest BCUT2D eigenvalue weighted by Gasteiger charge is -2.26. The molecule has 2 aromatic heterocycles. The molecule has 2 atom stereocenters. The van der Waals surface area contributed by atoms with Crippen LogP contribution in [-0.2, 0) is 0 Å². The number of nitrogens with one attached hydrogen (secondary N) is 3. The van der Waals surface area contributed by atoms with Crippen molar-refractivity contribution in [1.29, 1.82) is 0 Å². The normalized spacial score (nSPS) is 19.3. The zero-order chi connectivity index (χ0) is 20.0. The van der Waals surface area contributed by atoms with E-state index in [1.807, 2.05) is 6.92 Å². The Morgan fingerprint density at radius 2 is 1.97 bits per heavy atom. The van der Waals surface area contributed by atoms with E-state index in [1.165, 1.54) is 25.0 Å². The molecule has 7 nitrogen and oxygen atoms in total. The molecule has 5 rings (SSSR count). The lowest BCUT2D eigenvalue weighted by molar-refractivity contribution is 0.626. The average molecular weight is 393 g/mol. The minimum atomic E-state index is -0.255. The van der Waals surface area contributed by atoms with Crippen molar-refractivity contribution in [2.45, 2.75) is 44.1 Å². The van der Waals surface area contributed by atoms with Gasteiger partial charge in [-0.3, -0.25) is 5.10 Å². The van der Waals surface area contributed by atoms with Gasteiger partial charge < -0.3 is 16.4 Å². The molecule has 1 aliphatic heterocycles. The number of hydrogen-bond donors (Lipinski definition) is 4. The Kier molecular flexibility index (Phi) is 4.34. The summed E-state index contributed by atoms with van der Waals surface area (Å²) in [5.41, 5.74) is 10.5. The Balaban J connectivity index is 1.41. The molecule has 3 heterocycles. The van der Waals surface area contributed by atoms with Crippen molar-refractivity contribution >= 4 is 17.6 Å². The van der Waals surface area contributed by atoms with Gasteiger partial charge in [0.1, 0.15) is 17.5 Å². The number of nitrogen functional groups attached to an aromatic ring is 1. The summed E-state index contributed by atoms with van der Waals surface area (Å²) >= 11 is 0. The van der Waals surface area contributed by atoms with Gasteiger partial charge in [-0.05, 0) is 49.9 Å². The monoisotopic (exact) mass is 393 g/mol. The van der Waals surface area contributed by atoms with Crippen molar-refractivity contribution in [3.8, 4) is 0 Å². The second-order valence-corrected chi connectivity index (χ2v) is 7.90. The second kappa shape index (κ2) is 7.02. The maximum Gasteiger partial charge on any atom is 0.227 e. The molecular weight excluding hydrogens is 369 g/mol. The molecule has 1 unspecified atom stereocenters. The Hall–Kier alpha value is -3.16. The van der Waals surface area contributed by atoms with Crippen LogP contribution in [0, 0.1) is 5.82 Å². The fourth-order valence-electron chi connectivity index (χ4n) is 3.97. The van der Waals surface area contributed by atoms with Gasteiger partial charge in [0.15, 0.2) is 0 Å². The maximum absolute atomic E-state index is 13.2. The van der Waals surface area contributed by atoms with Crippen molar-refractivity contribution in [1.82, 2.24) is 20.2 Å². The van der Waals surface area contributed by atoms with E-state index in [2.05, 4.69) is 36.9 Å². The van der Waals surface area contributed by atoms with Crippen LogP contribution in [0.25, 0.3) is 0 Å². The van der Waals surface area contributed by atoms with E-state index in [4.69, 9.17) is 5.73 Å². The minimum absolute atomic E-state index is 0.0823. The summed E-state index contributed by atoms with van der Waals surface area (Å²) in [5.74, 6) is 2.13.